The normalized spacial score (nSPS) is 30.2. The molecule has 1 saturated heterocycles. The molecule has 0 radical (unpaired) electrons. The minimum Gasteiger partial charge on any atom is -0.381 e. The van der Waals surface area contributed by atoms with Crippen molar-refractivity contribution in [2.75, 3.05) is 13.2 Å². The topological polar surface area (TPSA) is 9.23 Å². The fourth-order valence-electron chi connectivity index (χ4n) is 1.87. The number of thiol groups is 1. The Hall–Kier alpha value is 0.310. The van der Waals surface area contributed by atoms with Gasteiger partial charge < -0.3 is 4.74 Å². The molecule has 0 aliphatic carbocycles. The van der Waals surface area contributed by atoms with Gasteiger partial charge in [-0.25, -0.2) is 0 Å². The minimum absolute atomic E-state index is 0.531. The van der Waals surface area contributed by atoms with E-state index in [9.17, 15) is 0 Å². The van der Waals surface area contributed by atoms with Gasteiger partial charge in [0.25, 0.3) is 0 Å². The average molecular weight is 204 g/mol. The molecule has 0 aromatic heterocycles. The number of hydrogen-bond donors (Lipinski definition) is 1. The Kier molecular flexibility index (Phi) is 7.87. The van der Waals surface area contributed by atoms with E-state index in [0.717, 1.165) is 25.0 Å². The predicted molar refractivity (Wildman–Crippen MR) is 62.5 cm³/mol. The molecule has 1 rings (SSSR count). The average Bonchev–Trinajstić information content (AvgIpc) is 2.20. The van der Waals surface area contributed by atoms with Crippen molar-refractivity contribution in [3.63, 3.8) is 0 Å². The molecule has 3 atom stereocenters. The molecule has 13 heavy (non-hydrogen) atoms. The third kappa shape index (κ3) is 4.37. The molecule has 1 fully saturated rings. The van der Waals surface area contributed by atoms with Gasteiger partial charge in [0, 0.05) is 18.5 Å². The van der Waals surface area contributed by atoms with E-state index >= 15 is 0 Å². The molecule has 2 heteroatoms. The largest absolute Gasteiger partial charge is 0.381 e. The highest BCUT2D eigenvalue weighted by molar-refractivity contribution is 7.80. The Morgan fingerprint density at radius 3 is 2.46 bits per heavy atom. The highest BCUT2D eigenvalue weighted by Crippen LogP contribution is 2.29. The van der Waals surface area contributed by atoms with Crippen molar-refractivity contribution in [1.29, 1.82) is 0 Å². The summed E-state index contributed by atoms with van der Waals surface area (Å²) in [7, 11) is 0. The smallest absolute Gasteiger partial charge is 0.0497 e. The Bertz CT molecular complexity index is 115. The van der Waals surface area contributed by atoms with Gasteiger partial charge in [-0.1, -0.05) is 34.1 Å². The standard InChI is InChI=1S/C9H18OS.C2H6/c1-3-8-6-10-5-4-9(8)7(2)11;1-2/h7-9,11H,3-6H2,1-2H3;1-2H3. The number of hydrogen-bond acceptors (Lipinski definition) is 2. The maximum atomic E-state index is 5.42. The van der Waals surface area contributed by atoms with E-state index in [1.54, 1.807) is 0 Å². The van der Waals surface area contributed by atoms with Crippen molar-refractivity contribution in [3.8, 4) is 0 Å². The summed E-state index contributed by atoms with van der Waals surface area (Å²) < 4.78 is 5.42. The summed E-state index contributed by atoms with van der Waals surface area (Å²) in [4.78, 5) is 0. The van der Waals surface area contributed by atoms with Gasteiger partial charge in [-0.2, -0.15) is 12.6 Å². The van der Waals surface area contributed by atoms with Gasteiger partial charge in [-0.3, -0.25) is 0 Å². The van der Waals surface area contributed by atoms with E-state index in [-0.39, 0.29) is 0 Å². The van der Waals surface area contributed by atoms with Crippen LogP contribution in [0.2, 0.25) is 0 Å². The van der Waals surface area contributed by atoms with Crippen molar-refractivity contribution in [1.82, 2.24) is 0 Å². The summed E-state index contributed by atoms with van der Waals surface area (Å²) >= 11 is 4.50. The third-order valence-electron chi connectivity index (χ3n) is 2.68. The van der Waals surface area contributed by atoms with Crippen molar-refractivity contribution in [3.05, 3.63) is 0 Å². The zero-order valence-corrected chi connectivity index (χ0v) is 10.3. The van der Waals surface area contributed by atoms with Crippen LogP contribution in [-0.4, -0.2) is 18.5 Å². The van der Waals surface area contributed by atoms with E-state index in [4.69, 9.17) is 4.74 Å². The van der Waals surface area contributed by atoms with E-state index in [1.807, 2.05) is 13.8 Å². The second-order valence-corrected chi connectivity index (χ2v) is 4.25. The van der Waals surface area contributed by atoms with Crippen LogP contribution in [-0.2, 0) is 4.74 Å². The highest BCUT2D eigenvalue weighted by atomic mass is 32.1. The second kappa shape index (κ2) is 7.69. The van der Waals surface area contributed by atoms with Gasteiger partial charge in [-0.05, 0) is 18.3 Å². The minimum atomic E-state index is 0.531. The summed E-state index contributed by atoms with van der Waals surface area (Å²) in [5.74, 6) is 1.52. The number of rotatable bonds is 2. The summed E-state index contributed by atoms with van der Waals surface area (Å²) in [6, 6.07) is 0. The Balaban J connectivity index is 0.000000671. The van der Waals surface area contributed by atoms with Crippen LogP contribution < -0.4 is 0 Å². The molecule has 0 spiro atoms. The van der Waals surface area contributed by atoms with Crippen LogP contribution in [0, 0.1) is 11.8 Å². The molecule has 0 aromatic rings. The maximum Gasteiger partial charge on any atom is 0.0497 e. The first-order valence-electron chi connectivity index (χ1n) is 5.51. The number of ether oxygens (including phenoxy) is 1. The van der Waals surface area contributed by atoms with Crippen LogP contribution in [0.3, 0.4) is 0 Å². The van der Waals surface area contributed by atoms with Crippen LogP contribution in [0.5, 0.6) is 0 Å². The summed E-state index contributed by atoms with van der Waals surface area (Å²) in [5, 5.41) is 0.531. The zero-order valence-electron chi connectivity index (χ0n) is 9.42. The molecule has 0 aromatic carbocycles. The van der Waals surface area contributed by atoms with Gasteiger partial charge in [0.2, 0.25) is 0 Å². The fourth-order valence-corrected chi connectivity index (χ4v) is 2.26. The van der Waals surface area contributed by atoms with Crippen LogP contribution in [0.1, 0.15) is 40.5 Å². The molecule has 0 saturated carbocycles. The summed E-state index contributed by atoms with van der Waals surface area (Å²) in [5.41, 5.74) is 0. The third-order valence-corrected chi connectivity index (χ3v) is 3.06. The lowest BCUT2D eigenvalue weighted by Crippen LogP contribution is -2.31. The maximum absolute atomic E-state index is 5.42. The van der Waals surface area contributed by atoms with E-state index < -0.39 is 0 Å². The van der Waals surface area contributed by atoms with Crippen molar-refractivity contribution in [2.45, 2.75) is 45.8 Å². The summed E-state index contributed by atoms with van der Waals surface area (Å²) in [6.45, 7) is 10.3. The second-order valence-electron chi connectivity index (χ2n) is 3.44. The van der Waals surface area contributed by atoms with Crippen molar-refractivity contribution in [2.24, 2.45) is 11.8 Å². The molecule has 0 bridgehead atoms. The monoisotopic (exact) mass is 204 g/mol. The first-order valence-corrected chi connectivity index (χ1v) is 6.03. The zero-order chi connectivity index (χ0) is 10.3. The lowest BCUT2D eigenvalue weighted by atomic mass is 9.84. The van der Waals surface area contributed by atoms with E-state index in [0.29, 0.717) is 5.25 Å². The highest BCUT2D eigenvalue weighted by Gasteiger charge is 2.26. The van der Waals surface area contributed by atoms with E-state index in [2.05, 4.69) is 26.5 Å². The molecular weight excluding hydrogens is 180 g/mol. The van der Waals surface area contributed by atoms with Crippen molar-refractivity contribution < 1.29 is 4.74 Å². The first-order chi connectivity index (χ1) is 6.25. The quantitative estimate of drug-likeness (QED) is 0.678. The molecule has 3 unspecified atom stereocenters. The molecular formula is C11H24OS. The SMILES string of the molecule is CC.CCC1COCCC1C(C)S. The van der Waals surface area contributed by atoms with Crippen LogP contribution in [0.4, 0.5) is 0 Å². The lowest BCUT2D eigenvalue weighted by Gasteiger charge is -2.33. The van der Waals surface area contributed by atoms with Crippen LogP contribution >= 0.6 is 12.6 Å². The lowest BCUT2D eigenvalue weighted by molar-refractivity contribution is 0.0162. The van der Waals surface area contributed by atoms with Gasteiger partial charge in [0.15, 0.2) is 0 Å². The van der Waals surface area contributed by atoms with Gasteiger partial charge in [0.05, 0.1) is 0 Å². The van der Waals surface area contributed by atoms with Gasteiger partial charge in [-0.15, -0.1) is 0 Å². The van der Waals surface area contributed by atoms with Gasteiger partial charge >= 0.3 is 0 Å². The fraction of sp³-hybridized carbons (Fsp3) is 1.00. The molecule has 80 valence electrons. The predicted octanol–water partition coefficient (Wildman–Crippen LogP) is 3.39. The van der Waals surface area contributed by atoms with Gasteiger partial charge in [0.1, 0.15) is 0 Å². The molecule has 1 nitrogen and oxygen atoms in total. The van der Waals surface area contributed by atoms with E-state index in [1.165, 1.54) is 12.8 Å². The molecule has 0 N–H and O–H groups in total. The summed E-state index contributed by atoms with van der Waals surface area (Å²) in [6.07, 6.45) is 2.43. The Morgan fingerprint density at radius 2 is 2.08 bits per heavy atom. The Morgan fingerprint density at radius 1 is 1.46 bits per heavy atom. The molecule has 1 heterocycles. The van der Waals surface area contributed by atoms with Crippen molar-refractivity contribution >= 4 is 12.6 Å². The first kappa shape index (κ1) is 13.3. The van der Waals surface area contributed by atoms with Crippen LogP contribution in [0.25, 0.3) is 0 Å². The molecule has 1 aliphatic heterocycles. The Labute approximate surface area is 88.7 Å². The van der Waals surface area contributed by atoms with Crippen LogP contribution in [0.15, 0.2) is 0 Å². The molecule has 1 aliphatic rings. The molecule has 0 amide bonds.